The van der Waals surface area contributed by atoms with Gasteiger partial charge in [-0.2, -0.15) is 5.26 Å². The van der Waals surface area contributed by atoms with Crippen LogP contribution in [0.15, 0.2) is 18.2 Å². The van der Waals surface area contributed by atoms with E-state index in [4.69, 9.17) is 21.6 Å². The number of ether oxygens (including phenoxy) is 1. The summed E-state index contributed by atoms with van der Waals surface area (Å²) in [6, 6.07) is 6.88. The first-order chi connectivity index (χ1) is 8.15. The highest BCUT2D eigenvalue weighted by Gasteiger charge is 2.32. The van der Waals surface area contributed by atoms with E-state index in [0.29, 0.717) is 17.1 Å². The van der Waals surface area contributed by atoms with Crippen LogP contribution in [0.4, 0.5) is 10.5 Å². The highest BCUT2D eigenvalue weighted by Crippen LogP contribution is 2.30. The monoisotopic (exact) mass is 250 g/mol. The molecule has 1 heterocycles. The molecule has 0 spiro atoms. The molecular formula is C12H11ClN2O2. The molecule has 1 aliphatic rings. The number of nitriles is 1. The molecule has 0 bridgehead atoms. The average Bonchev–Trinajstić information content (AvgIpc) is 2.33. The number of hydrogen-bond acceptors (Lipinski definition) is 3. The van der Waals surface area contributed by atoms with Crippen LogP contribution in [-0.2, 0) is 4.74 Å². The molecule has 5 heteroatoms. The van der Waals surface area contributed by atoms with Gasteiger partial charge in [-0.3, -0.25) is 4.90 Å². The first kappa shape index (κ1) is 11.7. The average molecular weight is 251 g/mol. The molecule has 1 unspecified atom stereocenters. The second-order valence-electron chi connectivity index (χ2n) is 3.80. The fourth-order valence-electron chi connectivity index (χ4n) is 1.83. The maximum atomic E-state index is 11.7. The summed E-state index contributed by atoms with van der Waals surface area (Å²) in [6.45, 7) is 2.10. The number of halogens is 1. The van der Waals surface area contributed by atoms with Crippen molar-refractivity contribution in [2.24, 2.45) is 0 Å². The molecule has 2 rings (SSSR count). The summed E-state index contributed by atoms with van der Waals surface area (Å²) < 4.78 is 4.96. The number of anilines is 1. The molecule has 0 aliphatic carbocycles. The standard InChI is InChI=1S/C12H11ClN2O2/c1-8-10(13)3-2-4-11(8)15-9(7-14)5-6-17-12(15)16/h2-4,9H,5-6H2,1H3. The van der Waals surface area contributed by atoms with Gasteiger partial charge in [0.05, 0.1) is 18.4 Å². The van der Waals surface area contributed by atoms with E-state index in [0.717, 1.165) is 5.56 Å². The van der Waals surface area contributed by atoms with Crippen molar-refractivity contribution in [2.45, 2.75) is 19.4 Å². The van der Waals surface area contributed by atoms with E-state index in [9.17, 15) is 4.79 Å². The zero-order chi connectivity index (χ0) is 12.4. The minimum Gasteiger partial charge on any atom is -0.449 e. The van der Waals surface area contributed by atoms with E-state index in [1.54, 1.807) is 18.2 Å². The maximum Gasteiger partial charge on any atom is 0.415 e. The van der Waals surface area contributed by atoms with Gasteiger partial charge in [0.2, 0.25) is 0 Å². The summed E-state index contributed by atoms with van der Waals surface area (Å²) in [5.74, 6) is 0. The Balaban J connectivity index is 2.46. The molecule has 1 saturated heterocycles. The number of benzene rings is 1. The number of nitrogens with zero attached hydrogens (tertiary/aromatic N) is 2. The molecule has 1 fully saturated rings. The molecule has 17 heavy (non-hydrogen) atoms. The molecule has 1 atom stereocenters. The van der Waals surface area contributed by atoms with Crippen molar-refractivity contribution in [3.8, 4) is 6.07 Å². The summed E-state index contributed by atoms with van der Waals surface area (Å²) in [5.41, 5.74) is 1.40. The van der Waals surface area contributed by atoms with Gasteiger partial charge in [0.15, 0.2) is 0 Å². The Morgan fingerprint density at radius 3 is 3.06 bits per heavy atom. The van der Waals surface area contributed by atoms with Gasteiger partial charge in [-0.15, -0.1) is 0 Å². The first-order valence-corrected chi connectivity index (χ1v) is 5.63. The van der Waals surface area contributed by atoms with E-state index in [1.807, 2.05) is 6.92 Å². The van der Waals surface area contributed by atoms with Crippen molar-refractivity contribution in [1.82, 2.24) is 0 Å². The highest BCUT2D eigenvalue weighted by atomic mass is 35.5. The molecule has 1 aromatic carbocycles. The molecule has 1 amide bonds. The Labute approximate surface area is 104 Å². The predicted molar refractivity (Wildman–Crippen MR) is 64.0 cm³/mol. The largest absolute Gasteiger partial charge is 0.449 e. The zero-order valence-electron chi connectivity index (χ0n) is 9.31. The van der Waals surface area contributed by atoms with Crippen LogP contribution in [-0.4, -0.2) is 18.7 Å². The predicted octanol–water partition coefficient (Wildman–Crippen LogP) is 2.89. The third kappa shape index (κ3) is 2.06. The van der Waals surface area contributed by atoms with Gasteiger partial charge >= 0.3 is 6.09 Å². The van der Waals surface area contributed by atoms with Crippen LogP contribution < -0.4 is 4.90 Å². The number of hydrogen-bond donors (Lipinski definition) is 0. The number of carbonyl (C=O) groups is 1. The Morgan fingerprint density at radius 2 is 2.35 bits per heavy atom. The molecule has 4 nitrogen and oxygen atoms in total. The SMILES string of the molecule is Cc1c(Cl)cccc1N1C(=O)OCCC1C#N. The van der Waals surface area contributed by atoms with E-state index < -0.39 is 12.1 Å². The quantitative estimate of drug-likeness (QED) is 0.770. The van der Waals surface area contributed by atoms with Gasteiger partial charge in [0.1, 0.15) is 6.04 Å². The van der Waals surface area contributed by atoms with Crippen molar-refractivity contribution >= 4 is 23.4 Å². The van der Waals surface area contributed by atoms with Gasteiger partial charge in [0.25, 0.3) is 0 Å². The van der Waals surface area contributed by atoms with Gasteiger partial charge < -0.3 is 4.74 Å². The van der Waals surface area contributed by atoms with Crippen LogP contribution in [0.3, 0.4) is 0 Å². The highest BCUT2D eigenvalue weighted by molar-refractivity contribution is 6.31. The zero-order valence-corrected chi connectivity index (χ0v) is 10.1. The Morgan fingerprint density at radius 1 is 1.59 bits per heavy atom. The van der Waals surface area contributed by atoms with E-state index in [2.05, 4.69) is 6.07 Å². The lowest BCUT2D eigenvalue weighted by Gasteiger charge is -2.31. The van der Waals surface area contributed by atoms with Gasteiger partial charge in [-0.05, 0) is 24.6 Å². The fraction of sp³-hybridized carbons (Fsp3) is 0.333. The molecule has 88 valence electrons. The number of rotatable bonds is 1. The van der Waals surface area contributed by atoms with Gasteiger partial charge in [-0.25, -0.2) is 4.79 Å². The molecule has 0 radical (unpaired) electrons. The van der Waals surface area contributed by atoms with Gasteiger partial charge in [0, 0.05) is 11.4 Å². The summed E-state index contributed by atoms with van der Waals surface area (Å²) >= 11 is 6.01. The van der Waals surface area contributed by atoms with Crippen molar-refractivity contribution in [2.75, 3.05) is 11.5 Å². The molecule has 1 aromatic rings. The summed E-state index contributed by atoms with van der Waals surface area (Å²) in [4.78, 5) is 13.1. The number of amides is 1. The van der Waals surface area contributed by atoms with Crippen molar-refractivity contribution in [3.63, 3.8) is 0 Å². The Bertz CT molecular complexity index is 496. The lowest BCUT2D eigenvalue weighted by molar-refractivity contribution is 0.134. The topological polar surface area (TPSA) is 53.3 Å². The molecule has 0 N–H and O–H groups in total. The fourth-order valence-corrected chi connectivity index (χ4v) is 2.00. The normalized spacial score (nSPS) is 19.7. The third-order valence-electron chi connectivity index (χ3n) is 2.77. The summed E-state index contributed by atoms with van der Waals surface area (Å²) in [6.07, 6.45) is 0.0157. The molecular weight excluding hydrogens is 240 g/mol. The molecule has 0 saturated carbocycles. The number of carbonyl (C=O) groups excluding carboxylic acids is 1. The van der Waals surface area contributed by atoms with Crippen LogP contribution in [0.2, 0.25) is 5.02 Å². The summed E-state index contributed by atoms with van der Waals surface area (Å²) in [5, 5.41) is 9.64. The first-order valence-electron chi connectivity index (χ1n) is 5.26. The van der Waals surface area contributed by atoms with E-state index in [1.165, 1.54) is 4.90 Å². The Hall–Kier alpha value is -1.73. The smallest absolute Gasteiger partial charge is 0.415 e. The minimum absolute atomic E-state index is 0.285. The Kier molecular flexibility index (Phi) is 3.21. The van der Waals surface area contributed by atoms with Crippen LogP contribution in [0.25, 0.3) is 0 Å². The lowest BCUT2D eigenvalue weighted by Crippen LogP contribution is -2.45. The van der Waals surface area contributed by atoms with E-state index in [-0.39, 0.29) is 6.61 Å². The van der Waals surface area contributed by atoms with Crippen LogP contribution >= 0.6 is 11.6 Å². The van der Waals surface area contributed by atoms with Crippen molar-refractivity contribution < 1.29 is 9.53 Å². The van der Waals surface area contributed by atoms with Crippen LogP contribution in [0, 0.1) is 18.3 Å². The van der Waals surface area contributed by atoms with Crippen LogP contribution in [0.1, 0.15) is 12.0 Å². The number of cyclic esters (lactones) is 1. The van der Waals surface area contributed by atoms with Gasteiger partial charge in [-0.1, -0.05) is 17.7 Å². The lowest BCUT2D eigenvalue weighted by atomic mass is 10.1. The van der Waals surface area contributed by atoms with Crippen LogP contribution in [0.5, 0.6) is 0 Å². The van der Waals surface area contributed by atoms with Crippen molar-refractivity contribution in [1.29, 1.82) is 5.26 Å². The summed E-state index contributed by atoms with van der Waals surface area (Å²) in [7, 11) is 0. The van der Waals surface area contributed by atoms with Crippen molar-refractivity contribution in [3.05, 3.63) is 28.8 Å². The molecule has 0 aromatic heterocycles. The molecule has 1 aliphatic heterocycles. The maximum absolute atomic E-state index is 11.7. The third-order valence-corrected chi connectivity index (χ3v) is 3.18. The van der Waals surface area contributed by atoms with E-state index >= 15 is 0 Å². The second-order valence-corrected chi connectivity index (χ2v) is 4.21. The minimum atomic E-state index is -0.492. The second kappa shape index (κ2) is 4.64.